The molecule has 1 saturated carbocycles. The van der Waals surface area contributed by atoms with Gasteiger partial charge in [0.2, 0.25) is 0 Å². The summed E-state index contributed by atoms with van der Waals surface area (Å²) in [6, 6.07) is 0. The summed E-state index contributed by atoms with van der Waals surface area (Å²) in [7, 11) is 2.22. The Morgan fingerprint density at radius 2 is 1.32 bits per heavy atom. The normalized spacial score (nSPS) is 31.3. The number of hydrogen-bond donors (Lipinski definition) is 1. The summed E-state index contributed by atoms with van der Waals surface area (Å²) in [6.45, 7) is 15.2. The highest BCUT2D eigenvalue weighted by molar-refractivity contribution is 5.05. The molecule has 0 unspecified atom stereocenters. The summed E-state index contributed by atoms with van der Waals surface area (Å²) < 4.78 is 0. The minimum absolute atomic E-state index is 0.229. The van der Waals surface area contributed by atoms with Crippen LogP contribution in [0.15, 0.2) is 0 Å². The molecule has 0 spiro atoms. The lowest BCUT2D eigenvalue weighted by molar-refractivity contribution is -0.0584. The lowest BCUT2D eigenvalue weighted by Gasteiger charge is -2.57. The summed E-state index contributed by atoms with van der Waals surface area (Å²) >= 11 is 0. The maximum absolute atomic E-state index is 6.29. The van der Waals surface area contributed by atoms with Gasteiger partial charge in [0.15, 0.2) is 0 Å². The molecule has 2 rings (SSSR count). The zero-order chi connectivity index (χ0) is 14.3. The van der Waals surface area contributed by atoms with E-state index < -0.39 is 0 Å². The quantitative estimate of drug-likeness (QED) is 0.832. The fourth-order valence-corrected chi connectivity index (χ4v) is 5.04. The fraction of sp³-hybridized carbons (Fsp3) is 1.00. The molecular formula is C16H33N3. The van der Waals surface area contributed by atoms with Gasteiger partial charge in [-0.15, -0.1) is 0 Å². The van der Waals surface area contributed by atoms with Gasteiger partial charge >= 0.3 is 0 Å². The van der Waals surface area contributed by atoms with Crippen molar-refractivity contribution in [3.63, 3.8) is 0 Å². The monoisotopic (exact) mass is 267 g/mol. The Bertz CT molecular complexity index is 298. The first kappa shape index (κ1) is 15.3. The van der Waals surface area contributed by atoms with Crippen molar-refractivity contribution in [2.24, 2.45) is 16.6 Å². The number of hydrogen-bond acceptors (Lipinski definition) is 3. The molecule has 0 aromatic carbocycles. The highest BCUT2D eigenvalue weighted by Crippen LogP contribution is 2.51. The summed E-state index contributed by atoms with van der Waals surface area (Å²) in [5.41, 5.74) is 7.33. The third-order valence-corrected chi connectivity index (χ3v) is 5.13. The summed E-state index contributed by atoms with van der Waals surface area (Å²) in [6.07, 6.45) is 3.82. The molecule has 0 amide bonds. The molecule has 0 atom stereocenters. The first-order valence-corrected chi connectivity index (χ1v) is 7.82. The molecule has 3 nitrogen and oxygen atoms in total. The van der Waals surface area contributed by atoms with Crippen LogP contribution in [0, 0.1) is 10.8 Å². The van der Waals surface area contributed by atoms with Gasteiger partial charge in [0.25, 0.3) is 0 Å². The molecule has 1 saturated heterocycles. The van der Waals surface area contributed by atoms with Gasteiger partial charge in [0, 0.05) is 38.3 Å². The lowest BCUT2D eigenvalue weighted by Crippen LogP contribution is -2.64. The smallest absolute Gasteiger partial charge is 0.0342 e. The van der Waals surface area contributed by atoms with Crippen molar-refractivity contribution in [2.75, 3.05) is 39.8 Å². The van der Waals surface area contributed by atoms with E-state index in [2.05, 4.69) is 44.5 Å². The topological polar surface area (TPSA) is 32.5 Å². The Hall–Kier alpha value is -0.120. The molecule has 1 aliphatic carbocycles. The molecule has 0 aromatic rings. The number of nitrogens with zero attached hydrogens (tertiary/aromatic N) is 2. The Morgan fingerprint density at radius 3 is 1.74 bits per heavy atom. The van der Waals surface area contributed by atoms with Gasteiger partial charge in [-0.05, 0) is 37.1 Å². The Morgan fingerprint density at radius 1 is 0.842 bits per heavy atom. The summed E-state index contributed by atoms with van der Waals surface area (Å²) in [5.74, 6) is 0. The van der Waals surface area contributed by atoms with Crippen LogP contribution < -0.4 is 5.73 Å². The van der Waals surface area contributed by atoms with Crippen molar-refractivity contribution in [1.82, 2.24) is 9.80 Å². The molecule has 19 heavy (non-hydrogen) atoms. The fourth-order valence-electron chi connectivity index (χ4n) is 5.04. The lowest BCUT2D eigenvalue weighted by atomic mass is 9.58. The Kier molecular flexibility index (Phi) is 4.03. The van der Waals surface area contributed by atoms with Crippen LogP contribution in [0.25, 0.3) is 0 Å². The molecule has 2 aliphatic rings. The minimum atomic E-state index is 0.229. The first-order valence-electron chi connectivity index (χ1n) is 7.82. The van der Waals surface area contributed by atoms with Crippen LogP contribution in [0.2, 0.25) is 0 Å². The number of piperazine rings is 1. The van der Waals surface area contributed by atoms with Gasteiger partial charge < -0.3 is 10.6 Å². The average Bonchev–Trinajstić information content (AvgIpc) is 2.25. The zero-order valence-electron chi connectivity index (χ0n) is 13.6. The van der Waals surface area contributed by atoms with Gasteiger partial charge in [0.05, 0.1) is 0 Å². The minimum Gasteiger partial charge on any atom is -0.329 e. The van der Waals surface area contributed by atoms with Crippen molar-refractivity contribution >= 4 is 0 Å². The van der Waals surface area contributed by atoms with Crippen molar-refractivity contribution in [3.8, 4) is 0 Å². The first-order chi connectivity index (χ1) is 8.68. The highest BCUT2D eigenvalue weighted by Gasteiger charge is 2.49. The van der Waals surface area contributed by atoms with Gasteiger partial charge in [-0.1, -0.05) is 27.7 Å². The second kappa shape index (κ2) is 5.01. The van der Waals surface area contributed by atoms with Crippen molar-refractivity contribution in [1.29, 1.82) is 0 Å². The van der Waals surface area contributed by atoms with Gasteiger partial charge in [-0.3, -0.25) is 4.90 Å². The second-order valence-electron chi connectivity index (χ2n) is 8.58. The molecule has 2 fully saturated rings. The van der Waals surface area contributed by atoms with Crippen LogP contribution in [-0.2, 0) is 0 Å². The Labute approximate surface area is 119 Å². The molecule has 1 heterocycles. The third kappa shape index (κ3) is 3.32. The number of nitrogens with two attached hydrogens (primary N) is 1. The van der Waals surface area contributed by atoms with Gasteiger partial charge in [0.1, 0.15) is 0 Å². The van der Waals surface area contributed by atoms with E-state index in [0.29, 0.717) is 10.8 Å². The van der Waals surface area contributed by atoms with E-state index >= 15 is 0 Å². The maximum Gasteiger partial charge on any atom is 0.0342 e. The summed E-state index contributed by atoms with van der Waals surface area (Å²) in [4.78, 5) is 5.13. The molecule has 112 valence electrons. The summed E-state index contributed by atoms with van der Waals surface area (Å²) in [5, 5.41) is 0. The highest BCUT2D eigenvalue weighted by atomic mass is 15.3. The van der Waals surface area contributed by atoms with E-state index in [4.69, 9.17) is 5.73 Å². The molecule has 0 bridgehead atoms. The average molecular weight is 267 g/mol. The largest absolute Gasteiger partial charge is 0.329 e. The SMILES string of the molecule is CN1CCN(C2(CN)CC(C)(C)CC(C)(C)C2)CC1. The molecule has 0 radical (unpaired) electrons. The molecule has 2 N–H and O–H groups in total. The van der Waals surface area contributed by atoms with E-state index in [1.54, 1.807) is 0 Å². The number of likely N-dealkylation sites (N-methyl/N-ethyl adjacent to an activating group) is 1. The van der Waals surface area contributed by atoms with Crippen LogP contribution in [0.3, 0.4) is 0 Å². The van der Waals surface area contributed by atoms with E-state index in [1.807, 2.05) is 0 Å². The second-order valence-corrected chi connectivity index (χ2v) is 8.58. The van der Waals surface area contributed by atoms with Crippen LogP contribution in [0.1, 0.15) is 47.0 Å². The standard InChI is InChI=1S/C16H33N3/c1-14(2)10-15(3,4)12-16(11-14,13-17)19-8-6-18(5)7-9-19/h6-13,17H2,1-5H3. The van der Waals surface area contributed by atoms with E-state index in [-0.39, 0.29) is 5.54 Å². The zero-order valence-corrected chi connectivity index (χ0v) is 13.6. The van der Waals surface area contributed by atoms with Crippen LogP contribution in [-0.4, -0.2) is 55.1 Å². The van der Waals surface area contributed by atoms with Crippen molar-refractivity contribution < 1.29 is 0 Å². The molecule has 0 aromatic heterocycles. The van der Waals surface area contributed by atoms with Gasteiger partial charge in [-0.25, -0.2) is 0 Å². The molecular weight excluding hydrogens is 234 g/mol. The van der Waals surface area contributed by atoms with Crippen molar-refractivity contribution in [2.45, 2.75) is 52.5 Å². The van der Waals surface area contributed by atoms with Crippen LogP contribution in [0.4, 0.5) is 0 Å². The van der Waals surface area contributed by atoms with Crippen LogP contribution in [0.5, 0.6) is 0 Å². The van der Waals surface area contributed by atoms with Crippen molar-refractivity contribution in [3.05, 3.63) is 0 Å². The molecule has 3 heteroatoms. The van der Waals surface area contributed by atoms with E-state index in [0.717, 1.165) is 6.54 Å². The predicted octanol–water partition coefficient (Wildman–Crippen LogP) is 2.17. The number of rotatable bonds is 2. The predicted molar refractivity (Wildman–Crippen MR) is 82.3 cm³/mol. The van der Waals surface area contributed by atoms with Gasteiger partial charge in [-0.2, -0.15) is 0 Å². The van der Waals surface area contributed by atoms with E-state index in [9.17, 15) is 0 Å². The maximum atomic E-state index is 6.29. The molecule has 1 aliphatic heterocycles. The third-order valence-electron chi connectivity index (χ3n) is 5.13. The van der Waals surface area contributed by atoms with E-state index in [1.165, 1.54) is 45.4 Å². The van der Waals surface area contributed by atoms with Crippen LogP contribution >= 0.6 is 0 Å². The Balaban J connectivity index is 2.21.